The van der Waals surface area contributed by atoms with Crippen molar-refractivity contribution in [3.63, 3.8) is 0 Å². The van der Waals surface area contributed by atoms with Gasteiger partial charge in [-0.25, -0.2) is 4.79 Å². The molecule has 2 N–H and O–H groups in total. The Morgan fingerprint density at radius 1 is 1.30 bits per heavy atom. The molecule has 0 fully saturated rings. The van der Waals surface area contributed by atoms with Crippen molar-refractivity contribution < 1.29 is 9.53 Å². The summed E-state index contributed by atoms with van der Waals surface area (Å²) in [4.78, 5) is 13.3. The third-order valence-electron chi connectivity index (χ3n) is 2.80. The number of rotatable bonds is 3. The van der Waals surface area contributed by atoms with Gasteiger partial charge in [0, 0.05) is 4.88 Å². The number of anilines is 1. The minimum absolute atomic E-state index is 0.254. The largest absolute Gasteiger partial charge is 0.456 e. The summed E-state index contributed by atoms with van der Waals surface area (Å²) in [6.45, 7) is 14.4. The van der Waals surface area contributed by atoms with Gasteiger partial charge in [0.2, 0.25) is 0 Å². The molecule has 0 bridgehead atoms. The fourth-order valence-electron chi connectivity index (χ4n) is 2.18. The first-order valence-corrected chi connectivity index (χ1v) is 7.83. The van der Waals surface area contributed by atoms with E-state index in [-0.39, 0.29) is 11.4 Å². The van der Waals surface area contributed by atoms with Gasteiger partial charge in [-0.15, -0.1) is 11.3 Å². The fourth-order valence-corrected chi connectivity index (χ4v) is 3.15. The van der Waals surface area contributed by atoms with Crippen LogP contribution in [0, 0.1) is 5.41 Å². The number of thiophene rings is 1. The molecule has 0 saturated carbocycles. The summed E-state index contributed by atoms with van der Waals surface area (Å²) in [5.74, 6) is 0.0546. The zero-order chi connectivity index (χ0) is 15.7. The Morgan fingerprint density at radius 3 is 2.30 bits per heavy atom. The van der Waals surface area contributed by atoms with Crippen molar-refractivity contribution in [3.05, 3.63) is 16.5 Å². The van der Waals surface area contributed by atoms with E-state index in [4.69, 9.17) is 10.5 Å². The summed E-state index contributed by atoms with van der Waals surface area (Å²) >= 11 is 1.49. The molecule has 0 aromatic carbocycles. The van der Waals surface area contributed by atoms with Gasteiger partial charge >= 0.3 is 5.97 Å². The maximum Gasteiger partial charge on any atom is 0.341 e. The average Bonchev–Trinajstić information content (AvgIpc) is 2.55. The maximum absolute atomic E-state index is 12.1. The van der Waals surface area contributed by atoms with Crippen molar-refractivity contribution in [2.45, 2.75) is 66.4 Å². The molecular formula is C16H27NO2S. The molecule has 114 valence electrons. The quantitative estimate of drug-likeness (QED) is 0.813. The molecule has 3 nitrogen and oxygen atoms in total. The highest BCUT2D eigenvalue weighted by molar-refractivity contribution is 7.16. The molecule has 0 saturated heterocycles. The van der Waals surface area contributed by atoms with Crippen molar-refractivity contribution in [3.8, 4) is 0 Å². The lowest BCUT2D eigenvalue weighted by Gasteiger charge is -2.22. The second-order valence-corrected chi connectivity index (χ2v) is 8.71. The molecule has 1 aromatic rings. The zero-order valence-corrected chi connectivity index (χ0v) is 14.5. The average molecular weight is 297 g/mol. The summed E-state index contributed by atoms with van der Waals surface area (Å²) in [6, 6.07) is 1.89. The Bertz CT molecular complexity index is 478. The highest BCUT2D eigenvalue weighted by atomic mass is 32.1. The molecule has 1 aromatic heterocycles. The molecule has 0 aliphatic carbocycles. The molecule has 0 spiro atoms. The van der Waals surface area contributed by atoms with E-state index < -0.39 is 5.60 Å². The summed E-state index contributed by atoms with van der Waals surface area (Å²) < 4.78 is 5.39. The predicted molar refractivity (Wildman–Crippen MR) is 86.4 cm³/mol. The van der Waals surface area contributed by atoms with Crippen molar-refractivity contribution in [2.24, 2.45) is 5.41 Å². The molecule has 0 aliphatic rings. The van der Waals surface area contributed by atoms with Crippen LogP contribution in [0.2, 0.25) is 0 Å². The van der Waals surface area contributed by atoms with Crippen LogP contribution in [-0.4, -0.2) is 11.6 Å². The van der Waals surface area contributed by atoms with Crippen molar-refractivity contribution in [1.29, 1.82) is 0 Å². The molecule has 20 heavy (non-hydrogen) atoms. The molecule has 1 heterocycles. The number of hydrogen-bond donors (Lipinski definition) is 1. The minimum atomic E-state index is -0.497. The summed E-state index contributed by atoms with van der Waals surface area (Å²) in [7, 11) is 0. The summed E-state index contributed by atoms with van der Waals surface area (Å²) in [6.07, 6.45) is 1.06. The number of nitrogen functional groups attached to an aromatic ring is 1. The van der Waals surface area contributed by atoms with E-state index >= 15 is 0 Å². The van der Waals surface area contributed by atoms with Gasteiger partial charge in [-0.05, 0) is 44.6 Å². The van der Waals surface area contributed by atoms with Crippen LogP contribution in [0.1, 0.15) is 76.0 Å². The molecule has 4 heteroatoms. The molecule has 0 amide bonds. The van der Waals surface area contributed by atoms with E-state index in [1.54, 1.807) is 0 Å². The van der Waals surface area contributed by atoms with E-state index in [1.165, 1.54) is 11.3 Å². The Labute approximate surface area is 126 Å². The molecule has 0 aliphatic heterocycles. The van der Waals surface area contributed by atoms with Crippen molar-refractivity contribution in [1.82, 2.24) is 0 Å². The molecule has 1 rings (SSSR count). The third kappa shape index (κ3) is 5.16. The number of carbonyl (C=O) groups excluding carboxylic acids is 1. The first-order chi connectivity index (χ1) is 8.89. The van der Waals surface area contributed by atoms with Crippen LogP contribution in [0.5, 0.6) is 0 Å². The lowest BCUT2D eigenvalue weighted by atomic mass is 9.85. The van der Waals surface area contributed by atoms with Crippen LogP contribution >= 0.6 is 11.3 Å². The molecular weight excluding hydrogens is 270 g/mol. The van der Waals surface area contributed by atoms with Crippen LogP contribution in [0.3, 0.4) is 0 Å². The SMILES string of the molecule is CC(CC(C)(C)C)c1cc(C(=O)OC(C)(C)C)c(N)s1. The Morgan fingerprint density at radius 2 is 1.85 bits per heavy atom. The van der Waals surface area contributed by atoms with Gasteiger partial charge in [0.1, 0.15) is 10.6 Å². The van der Waals surface area contributed by atoms with Crippen LogP contribution < -0.4 is 5.73 Å². The first-order valence-electron chi connectivity index (χ1n) is 7.01. The van der Waals surface area contributed by atoms with Crippen LogP contribution in [0.25, 0.3) is 0 Å². The third-order valence-corrected chi connectivity index (χ3v) is 4.00. The van der Waals surface area contributed by atoms with E-state index in [0.29, 0.717) is 16.5 Å². The van der Waals surface area contributed by atoms with E-state index in [2.05, 4.69) is 27.7 Å². The van der Waals surface area contributed by atoms with Gasteiger partial charge in [-0.1, -0.05) is 27.7 Å². The monoisotopic (exact) mass is 297 g/mol. The summed E-state index contributed by atoms with van der Waals surface area (Å²) in [5.41, 5.74) is 6.24. The van der Waals surface area contributed by atoms with Gasteiger partial charge in [0.25, 0.3) is 0 Å². The number of carbonyl (C=O) groups is 1. The predicted octanol–water partition coefficient (Wildman–Crippen LogP) is 4.83. The maximum atomic E-state index is 12.1. The van der Waals surface area contributed by atoms with E-state index in [1.807, 2.05) is 26.8 Å². The standard InChI is InChI=1S/C16H27NO2S/c1-10(9-15(2,3)4)12-8-11(13(17)20-12)14(18)19-16(5,6)7/h8,10H,9,17H2,1-7H3. The van der Waals surface area contributed by atoms with Crippen LogP contribution in [0.4, 0.5) is 5.00 Å². The molecule has 1 atom stereocenters. The zero-order valence-electron chi connectivity index (χ0n) is 13.7. The Hall–Kier alpha value is -1.03. The number of nitrogens with two attached hydrogens (primary N) is 1. The van der Waals surface area contributed by atoms with Crippen molar-refractivity contribution in [2.75, 3.05) is 5.73 Å². The second-order valence-electron chi connectivity index (χ2n) is 7.59. The lowest BCUT2D eigenvalue weighted by Crippen LogP contribution is -2.24. The summed E-state index contributed by atoms with van der Waals surface area (Å²) in [5, 5.41) is 0.551. The number of hydrogen-bond acceptors (Lipinski definition) is 4. The Balaban J connectivity index is 2.90. The normalized spacial score (nSPS) is 14.2. The van der Waals surface area contributed by atoms with E-state index in [9.17, 15) is 4.79 Å². The van der Waals surface area contributed by atoms with Gasteiger partial charge < -0.3 is 10.5 Å². The smallest absolute Gasteiger partial charge is 0.341 e. The second kappa shape index (κ2) is 5.76. The van der Waals surface area contributed by atoms with Crippen LogP contribution in [0.15, 0.2) is 6.07 Å². The van der Waals surface area contributed by atoms with Gasteiger partial charge in [-0.3, -0.25) is 0 Å². The van der Waals surface area contributed by atoms with Gasteiger partial charge in [0.05, 0.1) is 5.56 Å². The topological polar surface area (TPSA) is 52.3 Å². The molecule has 1 unspecified atom stereocenters. The molecule has 0 radical (unpaired) electrons. The van der Waals surface area contributed by atoms with E-state index in [0.717, 1.165) is 11.3 Å². The lowest BCUT2D eigenvalue weighted by molar-refractivity contribution is 0.00712. The highest BCUT2D eigenvalue weighted by Gasteiger charge is 2.24. The fraction of sp³-hybridized carbons (Fsp3) is 0.688. The minimum Gasteiger partial charge on any atom is -0.456 e. The Kier molecular flexibility index (Phi) is 4.90. The highest BCUT2D eigenvalue weighted by Crippen LogP contribution is 2.37. The van der Waals surface area contributed by atoms with Crippen molar-refractivity contribution >= 4 is 22.3 Å². The number of esters is 1. The first kappa shape index (κ1) is 17.0. The number of ether oxygens (including phenoxy) is 1. The van der Waals surface area contributed by atoms with Crippen LogP contribution in [-0.2, 0) is 4.74 Å². The van der Waals surface area contributed by atoms with Gasteiger partial charge in [-0.2, -0.15) is 0 Å². The van der Waals surface area contributed by atoms with Gasteiger partial charge in [0.15, 0.2) is 0 Å².